The van der Waals surface area contributed by atoms with Crippen molar-refractivity contribution in [1.82, 2.24) is 19.9 Å². The van der Waals surface area contributed by atoms with E-state index in [0.29, 0.717) is 0 Å². The second-order valence-corrected chi connectivity index (χ2v) is 12.9. The van der Waals surface area contributed by atoms with Gasteiger partial charge in [-0.3, -0.25) is 0 Å². The highest BCUT2D eigenvalue weighted by atomic mass is 28.3. The van der Waals surface area contributed by atoms with Crippen molar-refractivity contribution in [3.05, 3.63) is 120 Å². The van der Waals surface area contributed by atoms with Gasteiger partial charge in [0.05, 0.1) is 0 Å². The van der Waals surface area contributed by atoms with Crippen LogP contribution in [-0.2, 0) is 0 Å². The second kappa shape index (κ2) is 9.04. The Morgan fingerprint density at radius 1 is 0.515 bits per heavy atom. The number of hydrogen-bond acceptors (Lipinski definition) is 4. The first-order valence-corrected chi connectivity index (χ1v) is 13.8. The molecule has 5 heteroatoms. The molecule has 5 rings (SSSR count). The Morgan fingerprint density at radius 2 is 0.879 bits per heavy atom. The number of allylic oxidation sites excluding steroid dienone is 2. The summed E-state index contributed by atoms with van der Waals surface area (Å²) in [6.45, 7) is 4.67. The molecule has 2 aromatic carbocycles. The molecular weight excluding hydrogens is 420 g/mol. The van der Waals surface area contributed by atoms with Gasteiger partial charge >= 0.3 is 0 Å². The highest BCUT2D eigenvalue weighted by Crippen LogP contribution is 2.57. The fourth-order valence-corrected chi connectivity index (χ4v) is 10.3. The van der Waals surface area contributed by atoms with Gasteiger partial charge in [0.2, 0.25) is 0 Å². The zero-order chi connectivity index (χ0) is 22.7. The van der Waals surface area contributed by atoms with Gasteiger partial charge in [-0.1, -0.05) is 86.6 Å². The quantitative estimate of drug-likeness (QED) is 0.323. The summed E-state index contributed by atoms with van der Waals surface area (Å²) >= 11 is 0. The third kappa shape index (κ3) is 3.54. The summed E-state index contributed by atoms with van der Waals surface area (Å²) in [5.41, 5.74) is 7.28. The first kappa shape index (κ1) is 21.2. The van der Waals surface area contributed by atoms with Crippen LogP contribution in [0.15, 0.2) is 98.1 Å². The minimum absolute atomic E-state index is 1.07. The van der Waals surface area contributed by atoms with Gasteiger partial charge in [-0.05, 0) is 32.7 Å². The van der Waals surface area contributed by atoms with Gasteiger partial charge < -0.3 is 0 Å². The molecule has 0 unspecified atom stereocenters. The highest BCUT2D eigenvalue weighted by Gasteiger charge is 2.48. The van der Waals surface area contributed by atoms with Crippen LogP contribution in [0.5, 0.6) is 0 Å². The van der Waals surface area contributed by atoms with E-state index in [1.807, 2.05) is 24.8 Å². The van der Waals surface area contributed by atoms with Crippen molar-refractivity contribution in [2.75, 3.05) is 0 Å². The normalized spacial score (nSPS) is 15.2. The molecule has 0 fully saturated rings. The van der Waals surface area contributed by atoms with E-state index in [9.17, 15) is 0 Å². The first-order chi connectivity index (χ1) is 16.3. The molecule has 0 radical (unpaired) electrons. The van der Waals surface area contributed by atoms with Crippen LogP contribution in [0.4, 0.5) is 0 Å². The van der Waals surface area contributed by atoms with Gasteiger partial charge in [0.1, 0.15) is 20.7 Å². The molecular formula is C28H26N4Si. The molecule has 162 valence electrons. The maximum atomic E-state index is 4.42. The fraction of sp³-hybridized carbons (Fsp3) is 0.143. The minimum atomic E-state index is -2.21. The van der Waals surface area contributed by atoms with Gasteiger partial charge in [0, 0.05) is 35.9 Å². The Morgan fingerprint density at radius 3 is 1.21 bits per heavy atom. The summed E-state index contributed by atoms with van der Waals surface area (Å²) in [4.78, 5) is 17.7. The van der Waals surface area contributed by atoms with Crippen molar-refractivity contribution in [2.24, 2.45) is 0 Å². The van der Waals surface area contributed by atoms with Gasteiger partial charge in [-0.15, -0.1) is 0 Å². The molecule has 3 heterocycles. The average molecular weight is 447 g/mol. The Kier molecular flexibility index (Phi) is 5.80. The molecule has 0 atom stereocenters. The lowest BCUT2D eigenvalue weighted by molar-refractivity contribution is 1.15. The summed E-state index contributed by atoms with van der Waals surface area (Å²) in [6.07, 6.45) is 11.1. The third-order valence-corrected chi connectivity index (χ3v) is 12.1. The standard InChI is InChI=1S/C28H26N4Si/c1-3-33(4-2)27(23-15-29-19-30-16-23)25(21-11-7-5-8-12-21)26(22-13-9-6-10-14-22)28(33)24-17-31-20-32-18-24/h5-20H,3-4H2,1-2H3. The molecule has 4 nitrogen and oxygen atoms in total. The lowest BCUT2D eigenvalue weighted by Gasteiger charge is -2.32. The summed E-state index contributed by atoms with van der Waals surface area (Å²) in [7, 11) is -2.21. The van der Waals surface area contributed by atoms with E-state index in [1.165, 1.54) is 32.7 Å². The average Bonchev–Trinajstić information content (AvgIpc) is 3.22. The predicted molar refractivity (Wildman–Crippen MR) is 137 cm³/mol. The molecule has 0 aliphatic carbocycles. The van der Waals surface area contributed by atoms with Crippen LogP contribution in [0.3, 0.4) is 0 Å². The van der Waals surface area contributed by atoms with Crippen LogP contribution < -0.4 is 0 Å². The number of aromatic nitrogens is 4. The Bertz CT molecular complexity index is 1200. The molecule has 33 heavy (non-hydrogen) atoms. The lowest BCUT2D eigenvalue weighted by atomic mass is 9.90. The summed E-state index contributed by atoms with van der Waals surface area (Å²) in [6, 6.07) is 23.7. The number of benzene rings is 2. The Balaban J connectivity index is 1.97. The van der Waals surface area contributed by atoms with Crippen LogP contribution in [0.1, 0.15) is 36.1 Å². The summed E-state index contributed by atoms with van der Waals surface area (Å²) in [5.74, 6) is 0. The van der Waals surface area contributed by atoms with Gasteiger partial charge in [0.25, 0.3) is 0 Å². The van der Waals surface area contributed by atoms with E-state index in [0.717, 1.165) is 23.2 Å². The van der Waals surface area contributed by atoms with E-state index in [-0.39, 0.29) is 0 Å². The molecule has 0 saturated carbocycles. The molecule has 0 saturated heterocycles. The van der Waals surface area contributed by atoms with Gasteiger partial charge in [0.15, 0.2) is 0 Å². The predicted octanol–water partition coefficient (Wildman–Crippen LogP) is 6.37. The van der Waals surface area contributed by atoms with Crippen LogP contribution in [0.2, 0.25) is 12.1 Å². The highest BCUT2D eigenvalue weighted by molar-refractivity contribution is 7.14. The Labute approximate surface area is 195 Å². The van der Waals surface area contributed by atoms with Crippen molar-refractivity contribution in [3.63, 3.8) is 0 Å². The van der Waals surface area contributed by atoms with E-state index in [2.05, 4.69) is 94.4 Å². The van der Waals surface area contributed by atoms with E-state index in [4.69, 9.17) is 0 Å². The summed E-state index contributed by atoms with van der Waals surface area (Å²) in [5, 5.41) is 2.83. The van der Waals surface area contributed by atoms with Crippen molar-refractivity contribution in [1.29, 1.82) is 0 Å². The first-order valence-electron chi connectivity index (χ1n) is 11.4. The van der Waals surface area contributed by atoms with Crippen LogP contribution in [0, 0.1) is 0 Å². The monoisotopic (exact) mass is 446 g/mol. The Hall–Kier alpha value is -3.70. The van der Waals surface area contributed by atoms with Crippen molar-refractivity contribution in [3.8, 4) is 0 Å². The van der Waals surface area contributed by atoms with Gasteiger partial charge in [-0.2, -0.15) is 0 Å². The maximum Gasteiger partial charge on any atom is 0.121 e. The lowest BCUT2D eigenvalue weighted by Crippen LogP contribution is -2.35. The number of nitrogens with zero attached hydrogens (tertiary/aromatic N) is 4. The zero-order valence-electron chi connectivity index (χ0n) is 18.9. The van der Waals surface area contributed by atoms with E-state index >= 15 is 0 Å². The van der Waals surface area contributed by atoms with Crippen molar-refractivity contribution < 1.29 is 0 Å². The van der Waals surface area contributed by atoms with E-state index in [1.54, 1.807) is 12.7 Å². The molecule has 4 aromatic rings. The molecule has 0 N–H and O–H groups in total. The molecule has 1 aliphatic heterocycles. The van der Waals surface area contributed by atoms with Crippen LogP contribution in [-0.4, -0.2) is 28.0 Å². The minimum Gasteiger partial charge on any atom is -0.244 e. The maximum absolute atomic E-state index is 4.42. The fourth-order valence-electron chi connectivity index (χ4n) is 5.30. The van der Waals surface area contributed by atoms with Crippen LogP contribution >= 0.6 is 0 Å². The summed E-state index contributed by atoms with van der Waals surface area (Å²) < 4.78 is 0. The number of rotatable bonds is 6. The van der Waals surface area contributed by atoms with Crippen LogP contribution in [0.25, 0.3) is 21.5 Å². The van der Waals surface area contributed by atoms with E-state index < -0.39 is 8.07 Å². The topological polar surface area (TPSA) is 51.6 Å². The molecule has 0 amide bonds. The SMILES string of the molecule is CC[Si]1(CC)C(c2cncnc2)=C(c2ccccc2)C(c2ccccc2)=C1c1cncnc1. The molecule has 0 bridgehead atoms. The molecule has 2 aromatic heterocycles. The largest absolute Gasteiger partial charge is 0.244 e. The van der Waals surface area contributed by atoms with Crippen molar-refractivity contribution >= 4 is 29.6 Å². The number of hydrogen-bond donors (Lipinski definition) is 0. The second-order valence-electron chi connectivity index (χ2n) is 8.28. The van der Waals surface area contributed by atoms with Gasteiger partial charge in [-0.25, -0.2) is 19.9 Å². The molecule has 0 spiro atoms. The molecule has 1 aliphatic rings. The van der Waals surface area contributed by atoms with Crippen molar-refractivity contribution in [2.45, 2.75) is 25.9 Å². The zero-order valence-corrected chi connectivity index (χ0v) is 19.9. The third-order valence-electron chi connectivity index (χ3n) is 6.74. The smallest absolute Gasteiger partial charge is 0.121 e.